The summed E-state index contributed by atoms with van der Waals surface area (Å²) in [6.45, 7) is 10.6. The lowest BCUT2D eigenvalue weighted by Gasteiger charge is -2.28. The molecule has 25 nitrogen and oxygen atoms in total. The summed E-state index contributed by atoms with van der Waals surface area (Å²) < 4.78 is 0. The van der Waals surface area contributed by atoms with E-state index in [-0.39, 0.29) is 100 Å². The highest BCUT2D eigenvalue weighted by molar-refractivity contribution is 5.98. The normalized spacial score (nSPS) is 16.2. The lowest BCUT2D eigenvalue weighted by atomic mass is 10.00. The highest BCUT2D eigenvalue weighted by Gasteiger charge is 2.35. The molecule has 1 aromatic heterocycles. The zero-order valence-electron chi connectivity index (χ0n) is 43.5. The number of nitrogens with two attached hydrogens (primary N) is 4. The number of hydrogen-bond donors (Lipinski definition) is 15. The molecule has 19 N–H and O–H groups in total. The van der Waals surface area contributed by atoms with Gasteiger partial charge in [0.15, 0.2) is 11.9 Å². The molecule has 74 heavy (non-hydrogen) atoms. The monoisotopic (exact) mass is 1040 g/mol. The number of carboxylic acids is 1. The number of amides is 7. The summed E-state index contributed by atoms with van der Waals surface area (Å²) in [5.74, 6) is -7.35. The Morgan fingerprint density at radius 3 is 1.50 bits per heavy atom. The fourth-order valence-electron chi connectivity index (χ4n) is 8.38. The van der Waals surface area contributed by atoms with Crippen LogP contribution in [0.4, 0.5) is 0 Å². The molecule has 0 saturated carbocycles. The molecule has 412 valence electrons. The zero-order valence-corrected chi connectivity index (χ0v) is 43.5. The smallest absolute Gasteiger partial charge is 0.326 e. The van der Waals surface area contributed by atoms with Gasteiger partial charge in [0.2, 0.25) is 41.4 Å². The molecule has 7 amide bonds. The molecule has 2 aromatic rings. The number of aliphatic carboxylic acids is 1. The van der Waals surface area contributed by atoms with Gasteiger partial charge < -0.3 is 80.7 Å². The number of aliphatic hydroxyl groups is 1. The van der Waals surface area contributed by atoms with Gasteiger partial charge in [-0.05, 0) is 93.7 Å². The molecule has 0 unspecified atom stereocenters. The second-order valence-corrected chi connectivity index (χ2v) is 19.9. The van der Waals surface area contributed by atoms with Gasteiger partial charge in [0, 0.05) is 36.6 Å². The van der Waals surface area contributed by atoms with E-state index in [0.717, 1.165) is 22.9 Å². The van der Waals surface area contributed by atoms with Crippen LogP contribution in [0.1, 0.15) is 105 Å². The maximum absolute atomic E-state index is 14.3. The predicted molar refractivity (Wildman–Crippen MR) is 279 cm³/mol. The SMILES string of the molecule is CC(C)C[C@H](NC(=O)[C@H](CCCN=C(N)N)NC(=O)[C@H](CC(C)C)NC(=O)[C@H](CO)NC(=O)[C@H](CC(C)C)NC(=O)[C@H](CCCN=C(N)N)NC(=O)[C@H](Cc1c[nH]c2ccccc12)NC(=O)[C@@H]1CCCN1)C(=O)O. The van der Waals surface area contributed by atoms with Crippen molar-refractivity contribution in [2.24, 2.45) is 50.7 Å². The Hall–Kier alpha value is -7.02. The van der Waals surface area contributed by atoms with Crippen molar-refractivity contribution >= 4 is 70.1 Å². The Morgan fingerprint density at radius 2 is 1.04 bits per heavy atom. The number of fused-ring (bicyclic) bond motifs is 1. The molecule has 3 rings (SSSR count). The number of guanidine groups is 2. The van der Waals surface area contributed by atoms with Gasteiger partial charge in [-0.3, -0.25) is 43.5 Å². The number of aromatic amines is 1. The minimum atomic E-state index is -1.64. The van der Waals surface area contributed by atoms with Crippen LogP contribution < -0.4 is 65.5 Å². The molecule has 1 aliphatic rings. The summed E-state index contributed by atoms with van der Waals surface area (Å²) in [5, 5.41) is 42.8. The zero-order chi connectivity index (χ0) is 55.1. The third-order valence-electron chi connectivity index (χ3n) is 12.1. The molecule has 1 aliphatic heterocycles. The van der Waals surface area contributed by atoms with Gasteiger partial charge in [-0.15, -0.1) is 0 Å². The number of carbonyl (C=O) groups excluding carboxylic acids is 7. The molecular weight excluding hydrogens is 959 g/mol. The molecule has 0 bridgehead atoms. The van der Waals surface area contributed by atoms with Gasteiger partial charge in [-0.1, -0.05) is 59.7 Å². The number of benzene rings is 1. The summed E-state index contributed by atoms with van der Waals surface area (Å²) in [7, 11) is 0. The second kappa shape index (κ2) is 30.9. The number of aromatic nitrogens is 1. The molecule has 1 saturated heterocycles. The average Bonchev–Trinajstić information content (AvgIpc) is 4.02. The summed E-state index contributed by atoms with van der Waals surface area (Å²) >= 11 is 0. The first-order chi connectivity index (χ1) is 35.0. The van der Waals surface area contributed by atoms with Crippen molar-refractivity contribution in [3.63, 3.8) is 0 Å². The average molecular weight is 1040 g/mol. The van der Waals surface area contributed by atoms with Crippen LogP contribution in [0.2, 0.25) is 0 Å². The number of para-hydroxylation sites is 1. The minimum absolute atomic E-state index is 0.000147. The van der Waals surface area contributed by atoms with Crippen LogP contribution in [0.5, 0.6) is 0 Å². The summed E-state index contributed by atoms with van der Waals surface area (Å²) in [4.78, 5) is 121. The Balaban J connectivity index is 1.85. The van der Waals surface area contributed by atoms with E-state index in [9.17, 15) is 48.6 Å². The topological polar surface area (TPSA) is 418 Å². The van der Waals surface area contributed by atoms with Crippen LogP contribution in [0.25, 0.3) is 10.9 Å². The first-order valence-corrected chi connectivity index (χ1v) is 25.3. The highest BCUT2D eigenvalue weighted by Crippen LogP contribution is 2.20. The Bertz CT molecular complexity index is 2250. The van der Waals surface area contributed by atoms with E-state index < -0.39 is 96.4 Å². The highest BCUT2D eigenvalue weighted by atomic mass is 16.4. The van der Waals surface area contributed by atoms with Crippen LogP contribution >= 0.6 is 0 Å². The number of rotatable bonds is 32. The summed E-state index contributed by atoms with van der Waals surface area (Å²) in [5.41, 5.74) is 23.6. The quantitative estimate of drug-likeness (QED) is 0.0218. The van der Waals surface area contributed by atoms with E-state index >= 15 is 0 Å². The lowest BCUT2D eigenvalue weighted by molar-refractivity contribution is -0.143. The number of aliphatic imine (C=N–C) groups is 2. The van der Waals surface area contributed by atoms with E-state index in [1.807, 2.05) is 24.3 Å². The van der Waals surface area contributed by atoms with Gasteiger partial charge in [0.05, 0.1) is 12.6 Å². The van der Waals surface area contributed by atoms with Gasteiger partial charge in [-0.25, -0.2) is 4.79 Å². The molecular formula is C49H81N15O10. The summed E-state index contributed by atoms with van der Waals surface area (Å²) in [6, 6.07) is -2.21. The van der Waals surface area contributed by atoms with Crippen molar-refractivity contribution in [1.29, 1.82) is 0 Å². The van der Waals surface area contributed by atoms with Crippen LogP contribution in [0.15, 0.2) is 40.4 Å². The third-order valence-corrected chi connectivity index (χ3v) is 12.1. The van der Waals surface area contributed by atoms with Crippen molar-refractivity contribution in [1.82, 2.24) is 47.5 Å². The number of nitrogens with one attached hydrogen (secondary N) is 9. The number of carboxylic acid groups (broad SMARTS) is 1. The molecule has 0 aliphatic carbocycles. The van der Waals surface area contributed by atoms with Crippen molar-refractivity contribution in [3.05, 3.63) is 36.0 Å². The lowest BCUT2D eigenvalue weighted by Crippen LogP contribution is -2.61. The standard InChI is InChI=1S/C49H81N15O10/c1-26(2)20-35(43(69)58-34(16-11-19-56-49(52)53)42(68)63-38(47(73)74)22-28(5)6)61-46(72)39(25-65)64-44(70)36(21-27(3)4)60-41(67)33(15-10-18-55-48(50)51)59-45(71)37(62-40(66)32-14-9-17-54-32)23-29-24-57-31-13-8-7-12-30(29)31/h7-8,12-13,24,26-28,32-39,54,57,65H,9-11,14-23,25H2,1-6H3,(H,58,69)(H,59,71)(H,60,67)(H,61,72)(H,62,66)(H,63,68)(H,64,70)(H,73,74)(H4,50,51,55)(H4,52,53,56)/t32-,33-,34-,35-,36-,37-,38-,39-/m0/s1. The van der Waals surface area contributed by atoms with E-state index in [1.165, 1.54) is 0 Å². The number of H-pyrrole nitrogens is 1. The van der Waals surface area contributed by atoms with Crippen LogP contribution in [-0.2, 0) is 44.8 Å². The van der Waals surface area contributed by atoms with Gasteiger partial charge in [0.25, 0.3) is 0 Å². The van der Waals surface area contributed by atoms with E-state index in [2.05, 4.69) is 57.5 Å². The van der Waals surface area contributed by atoms with Gasteiger partial charge in [0.1, 0.15) is 42.3 Å². The third kappa shape index (κ3) is 21.2. The molecule has 8 atom stereocenters. The maximum Gasteiger partial charge on any atom is 0.326 e. The Labute approximate surface area is 432 Å². The first-order valence-electron chi connectivity index (χ1n) is 25.3. The molecule has 25 heteroatoms. The van der Waals surface area contributed by atoms with Crippen LogP contribution in [-0.4, -0.2) is 149 Å². The number of nitrogens with zero attached hydrogens (tertiary/aromatic N) is 2. The van der Waals surface area contributed by atoms with Crippen molar-refractivity contribution in [2.75, 3.05) is 26.2 Å². The molecule has 0 radical (unpaired) electrons. The van der Waals surface area contributed by atoms with Crippen LogP contribution in [0, 0.1) is 17.8 Å². The minimum Gasteiger partial charge on any atom is -0.480 e. The molecule has 1 fully saturated rings. The molecule has 2 heterocycles. The fourth-order valence-corrected chi connectivity index (χ4v) is 8.38. The number of carbonyl (C=O) groups is 8. The predicted octanol–water partition coefficient (Wildman–Crippen LogP) is -1.82. The number of hydrogen-bond acceptors (Lipinski definition) is 12. The van der Waals surface area contributed by atoms with Gasteiger partial charge >= 0.3 is 5.97 Å². The van der Waals surface area contributed by atoms with Crippen LogP contribution in [0.3, 0.4) is 0 Å². The van der Waals surface area contributed by atoms with Crippen molar-refractivity contribution in [2.45, 2.75) is 154 Å². The van der Waals surface area contributed by atoms with E-state index in [4.69, 9.17) is 22.9 Å². The summed E-state index contributed by atoms with van der Waals surface area (Å²) in [6.07, 6.45) is 3.80. The van der Waals surface area contributed by atoms with Crippen molar-refractivity contribution in [3.8, 4) is 0 Å². The largest absolute Gasteiger partial charge is 0.480 e. The first kappa shape index (κ1) is 61.3. The van der Waals surface area contributed by atoms with Crippen molar-refractivity contribution < 1.29 is 48.6 Å². The molecule has 0 spiro atoms. The van der Waals surface area contributed by atoms with E-state index in [1.54, 1.807) is 47.7 Å². The van der Waals surface area contributed by atoms with E-state index in [0.29, 0.717) is 13.0 Å². The molecule has 1 aromatic carbocycles. The fraction of sp³-hybridized carbons (Fsp3) is 0.633. The maximum atomic E-state index is 14.3. The number of aliphatic hydroxyl groups excluding tert-OH is 1. The second-order valence-electron chi connectivity index (χ2n) is 19.9. The Morgan fingerprint density at radius 1 is 0.608 bits per heavy atom. The Kier molecular flexibility index (Phi) is 25.6. The van der Waals surface area contributed by atoms with Gasteiger partial charge in [-0.2, -0.15) is 0 Å².